The third-order valence-corrected chi connectivity index (χ3v) is 2.65. The first-order chi connectivity index (χ1) is 7.99. The summed E-state index contributed by atoms with van der Waals surface area (Å²) in [4.78, 5) is 7.50. The highest BCUT2D eigenvalue weighted by Gasteiger charge is 1.94. The molecule has 0 amide bonds. The van der Waals surface area contributed by atoms with Gasteiger partial charge in [-0.2, -0.15) is 0 Å². The fraction of sp³-hybridized carbons (Fsp3) is 0.0909. The summed E-state index contributed by atoms with van der Waals surface area (Å²) in [6.45, 7) is 0. The lowest BCUT2D eigenvalue weighted by Gasteiger charge is -1.94. The maximum atomic E-state index is 5.57. The number of halogens is 3. The Morgan fingerprint density at radius 2 is 1.61 bits per heavy atom. The van der Waals surface area contributed by atoms with Crippen LogP contribution in [0.4, 0.5) is 11.6 Å². The molecule has 0 unspecified atom stereocenters. The van der Waals surface area contributed by atoms with Crippen LogP contribution >= 0.6 is 39.1 Å². The predicted octanol–water partition coefficient (Wildman–Crippen LogP) is 4.03. The molecule has 0 aliphatic heterocycles. The van der Waals surface area contributed by atoms with Gasteiger partial charge in [-0.25, -0.2) is 9.97 Å². The number of aromatic nitrogens is 2. The molecule has 0 atom stereocenters. The monoisotopic (exact) mass is 350 g/mol. The van der Waals surface area contributed by atoms with E-state index in [0.717, 1.165) is 4.47 Å². The summed E-state index contributed by atoms with van der Waals surface area (Å²) in [5, 5.41) is 1.19. The van der Waals surface area contributed by atoms with Crippen molar-refractivity contribution in [3.05, 3.63) is 45.1 Å². The molecule has 0 bridgehead atoms. The van der Waals surface area contributed by atoms with E-state index in [1.807, 2.05) is 0 Å². The largest absolute Gasteiger partial charge is 0.384 e. The van der Waals surface area contributed by atoms with Crippen LogP contribution < -0.4 is 11.5 Å². The Kier molecular flexibility index (Phi) is 7.66. The van der Waals surface area contributed by atoms with Crippen molar-refractivity contribution in [1.29, 1.82) is 0 Å². The standard InChI is InChI=1S/C5H4BrClN2.C5H5ClN2.CH4/c6-4-1-3(7)2-9-5(4)8;6-4-1-2-5(7)8-3-4;/h1-2H,(H2,8,9);1-3H,(H2,7,8);1H4. The van der Waals surface area contributed by atoms with Crippen molar-refractivity contribution < 1.29 is 0 Å². The first kappa shape index (κ1) is 17.0. The lowest BCUT2D eigenvalue weighted by atomic mass is 10.5. The second kappa shape index (κ2) is 8.13. The number of hydrogen-bond donors (Lipinski definition) is 2. The van der Waals surface area contributed by atoms with Gasteiger partial charge in [-0.15, -0.1) is 0 Å². The van der Waals surface area contributed by atoms with E-state index in [2.05, 4.69) is 25.9 Å². The van der Waals surface area contributed by atoms with E-state index in [4.69, 9.17) is 34.7 Å². The molecule has 18 heavy (non-hydrogen) atoms. The summed E-state index contributed by atoms with van der Waals surface area (Å²) in [5.41, 5.74) is 10.6. The van der Waals surface area contributed by atoms with Crippen LogP contribution in [-0.4, -0.2) is 9.97 Å². The van der Waals surface area contributed by atoms with Gasteiger partial charge in [0, 0.05) is 12.4 Å². The van der Waals surface area contributed by atoms with Gasteiger partial charge in [0.15, 0.2) is 0 Å². The Morgan fingerprint density at radius 1 is 1.00 bits per heavy atom. The summed E-state index contributed by atoms with van der Waals surface area (Å²) in [6.07, 6.45) is 3.01. The van der Waals surface area contributed by atoms with Crippen LogP contribution in [0.1, 0.15) is 7.43 Å². The van der Waals surface area contributed by atoms with E-state index in [0.29, 0.717) is 21.7 Å². The van der Waals surface area contributed by atoms with Gasteiger partial charge in [-0.05, 0) is 34.1 Å². The van der Waals surface area contributed by atoms with Crippen LogP contribution in [0.3, 0.4) is 0 Å². The second-order valence-corrected chi connectivity index (χ2v) is 4.65. The summed E-state index contributed by atoms with van der Waals surface area (Å²) in [6, 6.07) is 5.05. The molecule has 0 aliphatic rings. The van der Waals surface area contributed by atoms with Crippen molar-refractivity contribution in [2.45, 2.75) is 7.43 Å². The fourth-order valence-corrected chi connectivity index (χ4v) is 1.56. The Bertz CT molecular complexity index is 470. The molecule has 2 aromatic heterocycles. The molecule has 2 aromatic rings. The van der Waals surface area contributed by atoms with Crippen LogP contribution in [0.2, 0.25) is 10.0 Å². The van der Waals surface area contributed by atoms with Crippen molar-refractivity contribution in [3.8, 4) is 0 Å². The minimum Gasteiger partial charge on any atom is -0.384 e. The maximum absolute atomic E-state index is 5.57. The Hall–Kier alpha value is -1.04. The Labute approximate surface area is 124 Å². The van der Waals surface area contributed by atoms with Gasteiger partial charge < -0.3 is 11.5 Å². The number of nitrogens with zero attached hydrogens (tertiary/aromatic N) is 2. The van der Waals surface area contributed by atoms with Crippen molar-refractivity contribution in [2.24, 2.45) is 0 Å². The molecular weight excluding hydrogens is 339 g/mol. The predicted molar refractivity (Wildman–Crippen MR) is 81.7 cm³/mol. The van der Waals surface area contributed by atoms with E-state index < -0.39 is 0 Å². The SMILES string of the molecule is C.Nc1ccc(Cl)cn1.Nc1ncc(Cl)cc1Br. The smallest absolute Gasteiger partial charge is 0.137 e. The molecule has 98 valence electrons. The lowest BCUT2D eigenvalue weighted by Crippen LogP contribution is -1.89. The Morgan fingerprint density at radius 3 is 2.00 bits per heavy atom. The molecule has 2 rings (SSSR count). The maximum Gasteiger partial charge on any atom is 0.137 e. The molecule has 0 saturated carbocycles. The zero-order valence-electron chi connectivity index (χ0n) is 8.57. The minimum atomic E-state index is 0. The molecule has 0 saturated heterocycles. The first-order valence-electron chi connectivity index (χ1n) is 4.42. The van der Waals surface area contributed by atoms with E-state index in [9.17, 15) is 0 Å². The number of rotatable bonds is 0. The number of hydrogen-bond acceptors (Lipinski definition) is 4. The third kappa shape index (κ3) is 6.05. The number of nitrogens with two attached hydrogens (primary N) is 2. The summed E-state index contributed by atoms with van der Waals surface area (Å²) in [5.74, 6) is 0.953. The van der Waals surface area contributed by atoms with Gasteiger partial charge >= 0.3 is 0 Å². The number of nitrogen functional groups attached to an aromatic ring is 2. The third-order valence-electron chi connectivity index (χ3n) is 1.59. The molecule has 2 heterocycles. The average Bonchev–Trinajstić information content (AvgIpc) is 2.29. The molecule has 4 N–H and O–H groups in total. The van der Waals surface area contributed by atoms with Crippen LogP contribution in [-0.2, 0) is 0 Å². The fourth-order valence-electron chi connectivity index (χ4n) is 0.812. The van der Waals surface area contributed by atoms with Crippen molar-refractivity contribution in [1.82, 2.24) is 9.97 Å². The molecule has 0 spiro atoms. The highest BCUT2D eigenvalue weighted by molar-refractivity contribution is 9.10. The van der Waals surface area contributed by atoms with Crippen LogP contribution in [0.15, 0.2) is 35.1 Å². The molecule has 0 radical (unpaired) electrons. The van der Waals surface area contributed by atoms with Gasteiger partial charge in [-0.3, -0.25) is 0 Å². The topological polar surface area (TPSA) is 77.8 Å². The zero-order chi connectivity index (χ0) is 12.8. The summed E-state index contributed by atoms with van der Waals surface area (Å²) in [7, 11) is 0. The zero-order valence-corrected chi connectivity index (χ0v) is 11.7. The highest BCUT2D eigenvalue weighted by atomic mass is 79.9. The van der Waals surface area contributed by atoms with Gasteiger partial charge in [0.05, 0.1) is 14.5 Å². The molecule has 0 aliphatic carbocycles. The molecule has 0 fully saturated rings. The van der Waals surface area contributed by atoms with Crippen molar-refractivity contribution in [2.75, 3.05) is 11.5 Å². The summed E-state index contributed by atoms with van der Waals surface area (Å²) < 4.78 is 0.731. The Balaban J connectivity index is 0.000000306. The summed E-state index contributed by atoms with van der Waals surface area (Å²) >= 11 is 14.2. The molecule has 7 heteroatoms. The second-order valence-electron chi connectivity index (χ2n) is 2.92. The van der Waals surface area contributed by atoms with Crippen LogP contribution in [0.25, 0.3) is 0 Å². The van der Waals surface area contributed by atoms with Crippen LogP contribution in [0, 0.1) is 0 Å². The lowest BCUT2D eigenvalue weighted by molar-refractivity contribution is 1.32. The number of pyridine rings is 2. The molecule has 0 aromatic carbocycles. The number of anilines is 2. The van der Waals surface area contributed by atoms with E-state index in [1.54, 1.807) is 18.2 Å². The van der Waals surface area contributed by atoms with E-state index >= 15 is 0 Å². The molecular formula is C11H13BrCl2N4. The van der Waals surface area contributed by atoms with Crippen molar-refractivity contribution in [3.63, 3.8) is 0 Å². The van der Waals surface area contributed by atoms with E-state index in [-0.39, 0.29) is 7.43 Å². The van der Waals surface area contributed by atoms with Crippen molar-refractivity contribution >= 4 is 50.8 Å². The molecule has 4 nitrogen and oxygen atoms in total. The quantitative estimate of drug-likeness (QED) is 0.750. The van der Waals surface area contributed by atoms with Gasteiger partial charge in [-0.1, -0.05) is 30.6 Å². The van der Waals surface area contributed by atoms with Gasteiger partial charge in [0.25, 0.3) is 0 Å². The first-order valence-corrected chi connectivity index (χ1v) is 5.97. The average molecular weight is 352 g/mol. The van der Waals surface area contributed by atoms with Gasteiger partial charge in [0.2, 0.25) is 0 Å². The highest BCUT2D eigenvalue weighted by Crippen LogP contribution is 2.19. The van der Waals surface area contributed by atoms with Gasteiger partial charge in [0.1, 0.15) is 11.6 Å². The minimum absolute atomic E-state index is 0. The normalized spacial score (nSPS) is 8.83. The van der Waals surface area contributed by atoms with Crippen LogP contribution in [0.5, 0.6) is 0 Å². The van der Waals surface area contributed by atoms with E-state index in [1.165, 1.54) is 12.4 Å².